The first-order valence-corrected chi connectivity index (χ1v) is 16.3. The van der Waals surface area contributed by atoms with E-state index in [0.717, 1.165) is 47.3 Å². The molecule has 5 rings (SSSR count). The summed E-state index contributed by atoms with van der Waals surface area (Å²) in [6.07, 6.45) is 5.30. The summed E-state index contributed by atoms with van der Waals surface area (Å²) in [6.45, 7) is 13.9. The lowest BCUT2D eigenvalue weighted by atomic mass is 9.63. The van der Waals surface area contributed by atoms with Crippen LogP contribution in [0, 0.1) is 20.9 Å². The van der Waals surface area contributed by atoms with Crippen LogP contribution < -0.4 is 9.47 Å². The molecule has 0 unspecified atom stereocenters. The van der Waals surface area contributed by atoms with Crippen molar-refractivity contribution in [3.05, 3.63) is 98.4 Å². The molecule has 0 aromatic heterocycles. The zero-order valence-corrected chi connectivity index (χ0v) is 28.4. The van der Waals surface area contributed by atoms with Gasteiger partial charge >= 0.3 is 0 Å². The van der Waals surface area contributed by atoms with Crippen LogP contribution in [0.1, 0.15) is 82.4 Å². The third-order valence-corrected chi connectivity index (χ3v) is 9.35. The summed E-state index contributed by atoms with van der Waals surface area (Å²) in [7, 11) is 3.27. The smallest absolute Gasteiger partial charge is 0.269 e. The summed E-state index contributed by atoms with van der Waals surface area (Å²) < 4.78 is 17.6. The van der Waals surface area contributed by atoms with Crippen LogP contribution in [0.5, 0.6) is 11.5 Å². The number of nitro groups is 1. The summed E-state index contributed by atoms with van der Waals surface area (Å²) >= 11 is 0. The van der Waals surface area contributed by atoms with Gasteiger partial charge in [-0.1, -0.05) is 39.8 Å². The minimum absolute atomic E-state index is 0.0106. The van der Waals surface area contributed by atoms with Crippen LogP contribution in [-0.2, 0) is 27.4 Å². The number of carbonyl (C=O) groups excluding carboxylic acids is 2. The highest BCUT2D eigenvalue weighted by Crippen LogP contribution is 2.55. The van der Waals surface area contributed by atoms with Gasteiger partial charge in [-0.05, 0) is 65.8 Å². The van der Waals surface area contributed by atoms with Crippen molar-refractivity contribution in [2.45, 2.75) is 78.7 Å². The van der Waals surface area contributed by atoms with E-state index in [9.17, 15) is 19.7 Å². The van der Waals surface area contributed by atoms with Gasteiger partial charge < -0.3 is 19.1 Å². The number of carbonyl (C=O) groups is 2. The molecule has 2 aromatic rings. The van der Waals surface area contributed by atoms with E-state index in [4.69, 9.17) is 14.2 Å². The van der Waals surface area contributed by atoms with Crippen molar-refractivity contribution >= 4 is 17.3 Å². The number of rotatable bonds is 12. The predicted molar refractivity (Wildman–Crippen MR) is 180 cm³/mol. The van der Waals surface area contributed by atoms with Crippen molar-refractivity contribution in [3.8, 4) is 11.5 Å². The summed E-state index contributed by atoms with van der Waals surface area (Å²) in [6, 6.07) is 10.2. The molecule has 250 valence electrons. The Hall–Kier alpha value is -4.24. The zero-order chi connectivity index (χ0) is 34.1. The highest BCUT2D eigenvalue weighted by Gasteiger charge is 2.49. The summed E-state index contributed by atoms with van der Waals surface area (Å²) in [5.74, 6) is 0.643. The molecule has 3 aliphatic rings. The number of methoxy groups -OCH3 is 2. The molecule has 0 atom stereocenters. The van der Waals surface area contributed by atoms with Gasteiger partial charge in [-0.2, -0.15) is 0 Å². The molecule has 47 heavy (non-hydrogen) atoms. The molecular weight excluding hydrogens is 596 g/mol. The second-order valence-corrected chi connectivity index (χ2v) is 14.5. The Morgan fingerprint density at radius 1 is 0.957 bits per heavy atom. The average Bonchev–Trinajstić information content (AvgIpc) is 2.99. The fraction of sp³-hybridized carbons (Fsp3) is 0.474. The quantitative estimate of drug-likeness (QED) is 0.101. The molecule has 0 amide bonds. The van der Waals surface area contributed by atoms with E-state index in [0.29, 0.717) is 55.1 Å². The second kappa shape index (κ2) is 13.5. The van der Waals surface area contributed by atoms with Crippen molar-refractivity contribution in [3.63, 3.8) is 0 Å². The Bertz CT molecular complexity index is 1590. The molecule has 2 aliphatic carbocycles. The highest BCUT2D eigenvalue weighted by molar-refractivity contribution is 6.06. The third-order valence-electron chi connectivity index (χ3n) is 9.35. The molecule has 2 aromatic carbocycles. The van der Waals surface area contributed by atoms with E-state index in [2.05, 4.69) is 39.2 Å². The number of nitrogens with zero attached hydrogens (tertiary/aromatic N) is 2. The van der Waals surface area contributed by atoms with E-state index in [1.54, 1.807) is 32.4 Å². The fourth-order valence-corrected chi connectivity index (χ4v) is 7.36. The third kappa shape index (κ3) is 7.05. The Morgan fingerprint density at radius 3 is 2.06 bits per heavy atom. The molecular formula is C38H46N2O7. The second-order valence-electron chi connectivity index (χ2n) is 14.5. The predicted octanol–water partition coefficient (Wildman–Crippen LogP) is 7.63. The van der Waals surface area contributed by atoms with E-state index in [1.165, 1.54) is 12.1 Å². The molecule has 0 radical (unpaired) electrons. The zero-order valence-electron chi connectivity index (χ0n) is 28.4. The van der Waals surface area contributed by atoms with Gasteiger partial charge in [0, 0.05) is 79.3 Å². The van der Waals surface area contributed by atoms with Gasteiger partial charge in [0.05, 0.1) is 12.0 Å². The standard InChI is InChI=1S/C38H46N2O7/c1-8-10-25-17-26(18-32(46-7)36(25)47-23-24-11-13-27(14-12-24)40(43)44)33-34-28(19-37(2,3)21-30(34)41)39(15-9-16-45-6)29-20-38(4,5)22-31(42)35(29)33/h8,11-14,17-18,33H,1,9-10,15-16,19-23H2,2-7H3. The van der Waals surface area contributed by atoms with E-state index < -0.39 is 10.8 Å². The van der Waals surface area contributed by atoms with E-state index in [-0.39, 0.29) is 34.7 Å². The van der Waals surface area contributed by atoms with Gasteiger partial charge in [-0.25, -0.2) is 0 Å². The van der Waals surface area contributed by atoms with Crippen molar-refractivity contribution in [1.82, 2.24) is 4.90 Å². The lowest BCUT2D eigenvalue weighted by Crippen LogP contribution is -2.44. The molecule has 0 spiro atoms. The number of Topliss-reactive ketones (excluding diaryl/α,β-unsaturated/α-hetero) is 2. The van der Waals surface area contributed by atoms with E-state index in [1.807, 2.05) is 12.1 Å². The highest BCUT2D eigenvalue weighted by atomic mass is 16.6. The largest absolute Gasteiger partial charge is 0.493 e. The fourth-order valence-electron chi connectivity index (χ4n) is 7.36. The normalized spacial score (nSPS) is 19.0. The molecule has 0 bridgehead atoms. The monoisotopic (exact) mass is 642 g/mol. The lowest BCUT2D eigenvalue weighted by molar-refractivity contribution is -0.384. The summed E-state index contributed by atoms with van der Waals surface area (Å²) in [5.41, 5.74) is 5.42. The first-order valence-electron chi connectivity index (χ1n) is 16.3. The SMILES string of the molecule is C=CCc1cc(C2C3=C(CC(C)(C)CC3=O)N(CCCOC)C3=C2C(=O)CC(C)(C)C3)cc(OC)c1OCc1ccc([N+](=O)[O-])cc1. The number of allylic oxidation sites excluding steroid dienone is 5. The van der Waals surface area contributed by atoms with Crippen LogP contribution in [0.3, 0.4) is 0 Å². The van der Waals surface area contributed by atoms with Crippen LogP contribution in [0.15, 0.2) is 71.6 Å². The maximum Gasteiger partial charge on any atom is 0.269 e. The van der Waals surface area contributed by atoms with Gasteiger partial charge in [0.2, 0.25) is 0 Å². The minimum atomic E-state index is -0.521. The molecule has 9 nitrogen and oxygen atoms in total. The number of ketones is 2. The van der Waals surface area contributed by atoms with Crippen molar-refractivity contribution in [2.24, 2.45) is 10.8 Å². The Kier molecular flexibility index (Phi) is 9.78. The van der Waals surface area contributed by atoms with Crippen molar-refractivity contribution in [1.29, 1.82) is 0 Å². The number of hydrogen-bond acceptors (Lipinski definition) is 8. The van der Waals surface area contributed by atoms with Gasteiger partial charge in [0.25, 0.3) is 5.69 Å². The van der Waals surface area contributed by atoms with Gasteiger partial charge in [-0.3, -0.25) is 19.7 Å². The average molecular weight is 643 g/mol. The van der Waals surface area contributed by atoms with Gasteiger partial charge in [0.1, 0.15) is 6.61 Å². The number of ether oxygens (including phenoxy) is 3. The molecule has 1 heterocycles. The number of hydrogen-bond donors (Lipinski definition) is 0. The van der Waals surface area contributed by atoms with Crippen LogP contribution in [0.2, 0.25) is 0 Å². The molecule has 1 aliphatic heterocycles. The van der Waals surface area contributed by atoms with Gasteiger partial charge in [0.15, 0.2) is 23.1 Å². The number of benzene rings is 2. The Labute approximate surface area is 277 Å². The number of non-ortho nitro benzene ring substituents is 1. The maximum atomic E-state index is 14.2. The van der Waals surface area contributed by atoms with Gasteiger partial charge in [-0.15, -0.1) is 6.58 Å². The molecule has 9 heteroatoms. The number of nitro benzene ring substituents is 1. The topological polar surface area (TPSA) is 108 Å². The summed E-state index contributed by atoms with van der Waals surface area (Å²) in [5, 5.41) is 11.1. The molecule has 0 saturated carbocycles. The first kappa shape index (κ1) is 34.1. The Balaban J connectivity index is 1.65. The first-order chi connectivity index (χ1) is 22.3. The van der Waals surface area contributed by atoms with Crippen LogP contribution in [0.25, 0.3) is 0 Å². The van der Waals surface area contributed by atoms with Crippen molar-refractivity contribution < 1.29 is 28.7 Å². The van der Waals surface area contributed by atoms with Crippen molar-refractivity contribution in [2.75, 3.05) is 27.4 Å². The lowest BCUT2D eigenvalue weighted by Gasteiger charge is -2.49. The molecule has 0 N–H and O–H groups in total. The molecule has 0 saturated heterocycles. The Morgan fingerprint density at radius 2 is 1.55 bits per heavy atom. The minimum Gasteiger partial charge on any atom is -0.493 e. The summed E-state index contributed by atoms with van der Waals surface area (Å²) in [4.78, 5) is 41.4. The van der Waals surface area contributed by atoms with Crippen LogP contribution in [-0.4, -0.2) is 48.8 Å². The van der Waals surface area contributed by atoms with Crippen LogP contribution in [0.4, 0.5) is 5.69 Å². The van der Waals surface area contributed by atoms with E-state index >= 15 is 0 Å². The van der Waals surface area contributed by atoms with Crippen LogP contribution >= 0.6 is 0 Å². The maximum absolute atomic E-state index is 14.2. The molecule has 0 fully saturated rings.